The lowest BCUT2D eigenvalue weighted by molar-refractivity contribution is -0.152. The molecule has 0 amide bonds. The van der Waals surface area contributed by atoms with Gasteiger partial charge in [0.05, 0.1) is 0 Å². The Bertz CT molecular complexity index is 328. The van der Waals surface area contributed by atoms with E-state index >= 15 is 0 Å². The summed E-state index contributed by atoms with van der Waals surface area (Å²) in [6.45, 7) is 2.29. The first-order valence-corrected chi connectivity index (χ1v) is 7.74. The van der Waals surface area contributed by atoms with Crippen LogP contribution in [0.2, 0.25) is 0 Å². The largest absolute Gasteiger partial charge is 0.370 e. The summed E-state index contributed by atoms with van der Waals surface area (Å²) in [4.78, 5) is 12.9. The van der Waals surface area contributed by atoms with Crippen LogP contribution in [-0.4, -0.2) is 18.5 Å². The van der Waals surface area contributed by atoms with Gasteiger partial charge in [-0.3, -0.25) is 4.79 Å². The van der Waals surface area contributed by atoms with E-state index in [-0.39, 0.29) is 0 Å². The Balaban J connectivity index is 1.73. The Hall–Kier alpha value is -0.370. The van der Waals surface area contributed by atoms with Crippen molar-refractivity contribution in [3.8, 4) is 0 Å². The highest BCUT2D eigenvalue weighted by atomic mass is 16.5. The molecule has 3 unspecified atom stereocenters. The minimum absolute atomic E-state index is 0.331. The van der Waals surface area contributed by atoms with E-state index in [9.17, 15) is 4.79 Å². The van der Waals surface area contributed by atoms with Crippen molar-refractivity contribution in [2.24, 2.45) is 23.7 Å². The molecule has 0 heterocycles. The van der Waals surface area contributed by atoms with Crippen molar-refractivity contribution in [1.29, 1.82) is 0 Å². The zero-order valence-electron chi connectivity index (χ0n) is 11.8. The van der Waals surface area contributed by atoms with Gasteiger partial charge in [-0.25, -0.2) is 0 Å². The summed E-state index contributed by atoms with van der Waals surface area (Å²) >= 11 is 0. The molecule has 0 radical (unpaired) electrons. The van der Waals surface area contributed by atoms with Crippen LogP contribution < -0.4 is 0 Å². The van der Waals surface area contributed by atoms with Gasteiger partial charge < -0.3 is 4.74 Å². The topological polar surface area (TPSA) is 26.3 Å². The van der Waals surface area contributed by atoms with E-state index in [1.807, 2.05) is 0 Å². The smallest absolute Gasteiger partial charge is 0.167 e. The van der Waals surface area contributed by atoms with Gasteiger partial charge >= 0.3 is 0 Å². The molecule has 0 saturated heterocycles. The molecule has 0 aliphatic heterocycles. The zero-order chi connectivity index (χ0) is 12.8. The van der Waals surface area contributed by atoms with Gasteiger partial charge in [0.1, 0.15) is 5.60 Å². The summed E-state index contributed by atoms with van der Waals surface area (Å²) < 4.78 is 5.76. The third-order valence-corrected chi connectivity index (χ3v) is 6.00. The fourth-order valence-corrected chi connectivity index (χ4v) is 4.68. The predicted molar refractivity (Wildman–Crippen MR) is 71.3 cm³/mol. The lowest BCUT2D eigenvalue weighted by Crippen LogP contribution is -2.48. The van der Waals surface area contributed by atoms with Crippen LogP contribution in [0.15, 0.2) is 0 Å². The number of rotatable bonds is 3. The van der Waals surface area contributed by atoms with Crippen molar-refractivity contribution in [3.05, 3.63) is 0 Å². The van der Waals surface area contributed by atoms with Crippen molar-refractivity contribution >= 4 is 5.78 Å². The van der Waals surface area contributed by atoms with Crippen LogP contribution in [0.1, 0.15) is 58.3 Å². The van der Waals surface area contributed by atoms with E-state index in [4.69, 9.17) is 4.74 Å². The molecule has 0 aromatic carbocycles. The van der Waals surface area contributed by atoms with Crippen LogP contribution in [0, 0.1) is 23.7 Å². The predicted octanol–water partition coefficient (Wildman–Crippen LogP) is 3.59. The number of ketones is 1. The fraction of sp³-hybridized carbons (Fsp3) is 0.938. The third-order valence-electron chi connectivity index (χ3n) is 6.00. The Morgan fingerprint density at radius 2 is 1.83 bits per heavy atom. The molecule has 0 aromatic heterocycles. The minimum atomic E-state index is -0.415. The number of hydrogen-bond acceptors (Lipinski definition) is 2. The monoisotopic (exact) mass is 250 g/mol. The molecule has 2 bridgehead atoms. The van der Waals surface area contributed by atoms with Crippen LogP contribution in [0.25, 0.3) is 0 Å². The number of fused-ring (bicyclic) bond motifs is 2. The first-order valence-electron chi connectivity index (χ1n) is 7.74. The average molecular weight is 250 g/mol. The molecule has 3 fully saturated rings. The Labute approximate surface area is 110 Å². The molecule has 0 spiro atoms. The molecule has 3 aliphatic carbocycles. The third kappa shape index (κ3) is 1.93. The number of hydrogen-bond donors (Lipinski definition) is 0. The van der Waals surface area contributed by atoms with E-state index in [1.54, 1.807) is 7.11 Å². The highest BCUT2D eigenvalue weighted by Gasteiger charge is 2.50. The number of methoxy groups -OCH3 is 1. The zero-order valence-corrected chi connectivity index (χ0v) is 11.8. The molecule has 3 aliphatic rings. The van der Waals surface area contributed by atoms with Crippen LogP contribution in [-0.2, 0) is 9.53 Å². The summed E-state index contributed by atoms with van der Waals surface area (Å²) in [6.07, 6.45) is 9.34. The molecule has 2 heteroatoms. The van der Waals surface area contributed by atoms with Crippen LogP contribution in [0.4, 0.5) is 0 Å². The molecular weight excluding hydrogens is 224 g/mol. The quantitative estimate of drug-likeness (QED) is 0.765. The molecule has 18 heavy (non-hydrogen) atoms. The van der Waals surface area contributed by atoms with Gasteiger partial charge in [-0.1, -0.05) is 13.3 Å². The first-order chi connectivity index (χ1) is 8.64. The van der Waals surface area contributed by atoms with E-state index < -0.39 is 5.60 Å². The molecule has 3 rings (SSSR count). The van der Waals surface area contributed by atoms with Gasteiger partial charge in [-0.15, -0.1) is 0 Å². The van der Waals surface area contributed by atoms with Crippen molar-refractivity contribution in [3.63, 3.8) is 0 Å². The number of Topliss-reactive ketones (excluding diaryl/α,β-unsaturated/α-hetero) is 1. The molecule has 3 atom stereocenters. The van der Waals surface area contributed by atoms with Crippen LogP contribution in [0.5, 0.6) is 0 Å². The van der Waals surface area contributed by atoms with E-state index in [0.29, 0.717) is 17.6 Å². The van der Waals surface area contributed by atoms with Crippen LogP contribution in [0.3, 0.4) is 0 Å². The average Bonchev–Trinajstić information content (AvgIpc) is 3.01. The summed E-state index contributed by atoms with van der Waals surface area (Å²) in [7, 11) is 1.75. The second-order valence-corrected chi connectivity index (χ2v) is 7.03. The van der Waals surface area contributed by atoms with Gasteiger partial charge in [-0.05, 0) is 62.7 Å². The van der Waals surface area contributed by atoms with Gasteiger partial charge in [0, 0.05) is 13.0 Å². The van der Waals surface area contributed by atoms with Crippen molar-refractivity contribution in [1.82, 2.24) is 0 Å². The highest BCUT2D eigenvalue weighted by Crippen LogP contribution is 2.51. The standard InChI is InChI=1S/C16H26O2/c1-11-5-7-16(18-2,8-6-11)15(17)14-10-12-3-4-13(14)9-12/h11-14H,3-10H2,1-2H3. The SMILES string of the molecule is COC1(C(=O)C2CC3CCC2C3)CCC(C)CC1. The molecular formula is C16H26O2. The van der Waals surface area contributed by atoms with Gasteiger partial charge in [-0.2, -0.15) is 0 Å². The van der Waals surface area contributed by atoms with E-state index in [2.05, 4.69) is 6.92 Å². The Kier molecular flexibility index (Phi) is 3.25. The van der Waals surface area contributed by atoms with Gasteiger partial charge in [0.2, 0.25) is 0 Å². The van der Waals surface area contributed by atoms with Crippen molar-refractivity contribution < 1.29 is 9.53 Å². The molecule has 2 nitrogen and oxygen atoms in total. The number of carbonyl (C=O) groups excluding carboxylic acids is 1. The lowest BCUT2D eigenvalue weighted by Gasteiger charge is -2.40. The summed E-state index contributed by atoms with van der Waals surface area (Å²) in [5.74, 6) is 3.09. The molecule has 3 saturated carbocycles. The fourth-order valence-electron chi connectivity index (χ4n) is 4.68. The molecule has 0 aromatic rings. The number of ether oxygens (including phenoxy) is 1. The normalized spacial score (nSPS) is 47.4. The Morgan fingerprint density at radius 1 is 1.11 bits per heavy atom. The van der Waals surface area contributed by atoms with E-state index in [1.165, 1.54) is 19.3 Å². The van der Waals surface area contributed by atoms with Crippen molar-refractivity contribution in [2.45, 2.75) is 63.9 Å². The first kappa shape index (κ1) is 12.7. The second kappa shape index (κ2) is 4.63. The maximum absolute atomic E-state index is 12.9. The van der Waals surface area contributed by atoms with E-state index in [0.717, 1.165) is 43.9 Å². The molecule has 0 N–H and O–H groups in total. The van der Waals surface area contributed by atoms with Gasteiger partial charge in [0.25, 0.3) is 0 Å². The minimum Gasteiger partial charge on any atom is -0.370 e. The summed E-state index contributed by atoms with van der Waals surface area (Å²) in [6, 6.07) is 0. The number of carbonyl (C=O) groups is 1. The summed E-state index contributed by atoms with van der Waals surface area (Å²) in [5, 5.41) is 0. The van der Waals surface area contributed by atoms with Gasteiger partial charge in [0.15, 0.2) is 5.78 Å². The maximum atomic E-state index is 12.9. The Morgan fingerprint density at radius 3 is 2.33 bits per heavy atom. The van der Waals surface area contributed by atoms with Crippen molar-refractivity contribution in [2.75, 3.05) is 7.11 Å². The molecule has 102 valence electrons. The summed E-state index contributed by atoms with van der Waals surface area (Å²) in [5.41, 5.74) is -0.415. The second-order valence-electron chi connectivity index (χ2n) is 7.03. The highest BCUT2D eigenvalue weighted by molar-refractivity contribution is 5.90. The van der Waals surface area contributed by atoms with Crippen LogP contribution >= 0.6 is 0 Å². The maximum Gasteiger partial charge on any atom is 0.167 e. The lowest BCUT2D eigenvalue weighted by atomic mass is 9.71.